The Morgan fingerprint density at radius 3 is 1.22 bits per heavy atom. The molecule has 0 saturated heterocycles. The third-order valence-corrected chi connectivity index (χ3v) is 3.82. The first-order chi connectivity index (χ1) is 10.4. The van der Waals surface area contributed by atoms with Crippen molar-refractivity contribution in [3.8, 4) is 0 Å². The molecule has 4 N–H and O–H groups in total. The molecule has 2 atom stereocenters. The molecule has 0 aromatic carbocycles. The van der Waals surface area contributed by atoms with Gasteiger partial charge in [-0.05, 0) is 12.8 Å². The molecule has 140 valence electrons. The number of unbranched alkanes of at least 4 members (excludes halogenated alkanes) is 6. The molecule has 0 bridgehead atoms. The second-order valence-electron chi connectivity index (χ2n) is 6.18. The molecule has 2 unspecified atom stereocenters. The molecule has 0 aromatic rings. The van der Waals surface area contributed by atoms with Crippen molar-refractivity contribution in [3.05, 3.63) is 0 Å². The SMILES string of the molecule is CCCCCCC(C)C(=O)O.CCCCCCC(C)C(=O)O.O. The molecule has 0 aliphatic rings. The Bertz CT molecular complexity index is 251. The fraction of sp³-hybridized carbons (Fsp3) is 0.889. The second-order valence-corrected chi connectivity index (χ2v) is 6.18. The van der Waals surface area contributed by atoms with Crippen molar-refractivity contribution in [1.82, 2.24) is 0 Å². The molecule has 23 heavy (non-hydrogen) atoms. The van der Waals surface area contributed by atoms with Crippen LogP contribution < -0.4 is 0 Å². The maximum atomic E-state index is 10.4. The van der Waals surface area contributed by atoms with Crippen molar-refractivity contribution < 1.29 is 25.3 Å². The minimum atomic E-state index is -0.665. The number of rotatable bonds is 12. The van der Waals surface area contributed by atoms with Gasteiger partial charge in [0.1, 0.15) is 0 Å². The molecular formula is C18H38O5. The van der Waals surface area contributed by atoms with Gasteiger partial charge in [-0.2, -0.15) is 0 Å². The summed E-state index contributed by atoms with van der Waals surface area (Å²) < 4.78 is 0. The molecule has 0 spiro atoms. The molecule has 0 aliphatic carbocycles. The van der Waals surface area contributed by atoms with E-state index in [9.17, 15) is 9.59 Å². The zero-order valence-corrected chi connectivity index (χ0v) is 15.4. The number of carbonyl (C=O) groups is 2. The minimum Gasteiger partial charge on any atom is -0.481 e. The van der Waals surface area contributed by atoms with E-state index in [4.69, 9.17) is 10.2 Å². The zero-order valence-electron chi connectivity index (χ0n) is 15.4. The first-order valence-electron chi connectivity index (χ1n) is 8.82. The van der Waals surface area contributed by atoms with Gasteiger partial charge in [-0.1, -0.05) is 79.1 Å². The maximum absolute atomic E-state index is 10.4. The Morgan fingerprint density at radius 2 is 1.00 bits per heavy atom. The van der Waals surface area contributed by atoms with Gasteiger partial charge >= 0.3 is 11.9 Å². The van der Waals surface area contributed by atoms with Crippen LogP contribution in [0.15, 0.2) is 0 Å². The Labute approximate surface area is 141 Å². The highest BCUT2D eigenvalue weighted by Gasteiger charge is 2.09. The molecular weight excluding hydrogens is 296 g/mol. The lowest BCUT2D eigenvalue weighted by atomic mass is 10.0. The summed E-state index contributed by atoms with van der Waals surface area (Å²) >= 11 is 0. The minimum absolute atomic E-state index is 0. The molecule has 0 rings (SSSR count). The van der Waals surface area contributed by atoms with E-state index in [0.29, 0.717) is 0 Å². The molecule has 0 fully saturated rings. The number of carboxylic acids is 2. The molecule has 0 amide bonds. The van der Waals surface area contributed by atoms with Crippen LogP contribution in [0.1, 0.15) is 91.9 Å². The highest BCUT2D eigenvalue weighted by molar-refractivity contribution is 5.69. The Hall–Kier alpha value is -1.10. The van der Waals surface area contributed by atoms with Crippen LogP contribution in [0.2, 0.25) is 0 Å². The highest BCUT2D eigenvalue weighted by atomic mass is 16.4. The predicted molar refractivity (Wildman–Crippen MR) is 94.7 cm³/mol. The molecule has 5 heteroatoms. The molecule has 0 heterocycles. The van der Waals surface area contributed by atoms with Gasteiger partial charge in [0.05, 0.1) is 11.8 Å². The van der Waals surface area contributed by atoms with E-state index in [-0.39, 0.29) is 17.3 Å². The van der Waals surface area contributed by atoms with E-state index in [1.54, 1.807) is 13.8 Å². The van der Waals surface area contributed by atoms with E-state index in [0.717, 1.165) is 25.7 Å². The first kappa shape index (κ1) is 26.8. The van der Waals surface area contributed by atoms with Crippen LogP contribution >= 0.6 is 0 Å². The fourth-order valence-corrected chi connectivity index (χ4v) is 2.00. The average Bonchev–Trinajstić information content (AvgIpc) is 2.48. The number of hydrogen-bond acceptors (Lipinski definition) is 2. The first-order valence-corrected chi connectivity index (χ1v) is 8.82. The predicted octanol–water partition coefficient (Wildman–Crippen LogP) is 4.53. The standard InChI is InChI=1S/2C9H18O2.H2O/c2*1-3-4-5-6-7-8(2)9(10)11;/h2*8H,3-7H2,1-2H3,(H,10,11);1H2. The van der Waals surface area contributed by atoms with Crippen molar-refractivity contribution in [2.75, 3.05) is 0 Å². The van der Waals surface area contributed by atoms with Gasteiger partial charge in [-0.15, -0.1) is 0 Å². The van der Waals surface area contributed by atoms with Gasteiger partial charge in [-0.25, -0.2) is 0 Å². The lowest BCUT2D eigenvalue weighted by Gasteiger charge is -2.04. The summed E-state index contributed by atoms with van der Waals surface area (Å²) in [5, 5.41) is 17.1. The Morgan fingerprint density at radius 1 is 0.696 bits per heavy atom. The number of aliphatic carboxylic acids is 2. The van der Waals surface area contributed by atoms with Crippen LogP contribution in [-0.2, 0) is 9.59 Å². The van der Waals surface area contributed by atoms with Crippen molar-refractivity contribution in [2.45, 2.75) is 91.9 Å². The van der Waals surface area contributed by atoms with Crippen molar-refractivity contribution in [3.63, 3.8) is 0 Å². The van der Waals surface area contributed by atoms with Crippen molar-refractivity contribution >= 4 is 11.9 Å². The smallest absolute Gasteiger partial charge is 0.306 e. The summed E-state index contributed by atoms with van der Waals surface area (Å²) in [6.07, 6.45) is 11.0. The lowest BCUT2D eigenvalue weighted by molar-refractivity contribution is -0.142. The van der Waals surface area contributed by atoms with E-state index >= 15 is 0 Å². The van der Waals surface area contributed by atoms with E-state index in [1.807, 2.05) is 0 Å². The molecule has 0 aliphatic heterocycles. The molecule has 0 saturated carbocycles. The number of carboxylic acid groups (broad SMARTS) is 2. The van der Waals surface area contributed by atoms with Crippen LogP contribution in [0.4, 0.5) is 0 Å². The van der Waals surface area contributed by atoms with Gasteiger partial charge in [0, 0.05) is 0 Å². The lowest BCUT2D eigenvalue weighted by Crippen LogP contribution is -2.08. The van der Waals surface area contributed by atoms with Crippen LogP contribution in [0.5, 0.6) is 0 Å². The van der Waals surface area contributed by atoms with E-state index in [2.05, 4.69) is 13.8 Å². The van der Waals surface area contributed by atoms with Crippen molar-refractivity contribution in [2.24, 2.45) is 11.8 Å². The van der Waals surface area contributed by atoms with Crippen LogP contribution in [-0.4, -0.2) is 27.6 Å². The summed E-state index contributed by atoms with van der Waals surface area (Å²) in [6, 6.07) is 0. The Kier molecular flexibility index (Phi) is 22.1. The van der Waals surface area contributed by atoms with Crippen LogP contribution in [0, 0.1) is 11.8 Å². The third-order valence-electron chi connectivity index (χ3n) is 3.82. The van der Waals surface area contributed by atoms with Gasteiger partial charge in [0.15, 0.2) is 0 Å². The highest BCUT2D eigenvalue weighted by Crippen LogP contribution is 2.10. The molecule has 0 radical (unpaired) electrons. The quantitative estimate of drug-likeness (QED) is 0.511. The third kappa shape index (κ3) is 20.9. The molecule has 5 nitrogen and oxygen atoms in total. The monoisotopic (exact) mass is 334 g/mol. The Balaban J connectivity index is -0.000000333. The van der Waals surface area contributed by atoms with Crippen LogP contribution in [0.3, 0.4) is 0 Å². The summed E-state index contributed by atoms with van der Waals surface area (Å²) in [5.41, 5.74) is 0. The maximum Gasteiger partial charge on any atom is 0.306 e. The summed E-state index contributed by atoms with van der Waals surface area (Å²) in [6.45, 7) is 7.85. The van der Waals surface area contributed by atoms with E-state index in [1.165, 1.54) is 38.5 Å². The normalized spacial score (nSPS) is 12.3. The van der Waals surface area contributed by atoms with Gasteiger partial charge < -0.3 is 15.7 Å². The average molecular weight is 334 g/mol. The summed E-state index contributed by atoms with van der Waals surface area (Å²) in [5.74, 6) is -1.65. The second kappa shape index (κ2) is 18.9. The van der Waals surface area contributed by atoms with Gasteiger partial charge in [0.25, 0.3) is 0 Å². The van der Waals surface area contributed by atoms with Crippen molar-refractivity contribution in [1.29, 1.82) is 0 Å². The van der Waals surface area contributed by atoms with Gasteiger partial charge in [-0.3, -0.25) is 9.59 Å². The van der Waals surface area contributed by atoms with Crippen LogP contribution in [0.25, 0.3) is 0 Å². The topological polar surface area (TPSA) is 106 Å². The zero-order chi connectivity index (χ0) is 17.4. The number of hydrogen-bond donors (Lipinski definition) is 2. The summed E-state index contributed by atoms with van der Waals surface area (Å²) in [7, 11) is 0. The van der Waals surface area contributed by atoms with Gasteiger partial charge in [0.2, 0.25) is 0 Å². The molecule has 0 aromatic heterocycles. The summed E-state index contributed by atoms with van der Waals surface area (Å²) in [4.78, 5) is 20.7. The largest absolute Gasteiger partial charge is 0.481 e. The fourth-order valence-electron chi connectivity index (χ4n) is 2.00. The van der Waals surface area contributed by atoms with E-state index < -0.39 is 11.9 Å².